The molecule has 0 unspecified atom stereocenters. The third-order valence-corrected chi connectivity index (χ3v) is 4.24. The number of hydrogen-bond donors (Lipinski definition) is 0. The summed E-state index contributed by atoms with van der Waals surface area (Å²) in [6.45, 7) is 4.42. The van der Waals surface area contributed by atoms with E-state index in [9.17, 15) is 0 Å². The largest absolute Gasteiger partial charge is 0.497 e. The van der Waals surface area contributed by atoms with Crippen LogP contribution < -0.4 is 4.74 Å². The van der Waals surface area contributed by atoms with Crippen LogP contribution in [0.2, 0.25) is 0 Å². The highest BCUT2D eigenvalue weighted by atomic mass is 16.5. The number of methoxy groups -OCH3 is 1. The smallest absolute Gasteiger partial charge is 0.119 e. The second kappa shape index (κ2) is 5.90. The second-order valence-electron chi connectivity index (χ2n) is 6.08. The van der Waals surface area contributed by atoms with Gasteiger partial charge in [0.05, 0.1) is 13.3 Å². The normalized spacial score (nSPS) is 22.6. The summed E-state index contributed by atoms with van der Waals surface area (Å²) in [6, 6.07) is 8.93. The second-order valence-corrected chi connectivity index (χ2v) is 6.08. The van der Waals surface area contributed by atoms with Gasteiger partial charge in [0, 0.05) is 37.9 Å². The van der Waals surface area contributed by atoms with E-state index in [-0.39, 0.29) is 0 Å². The lowest BCUT2D eigenvalue weighted by atomic mass is 10.0. The van der Waals surface area contributed by atoms with Gasteiger partial charge in [0.15, 0.2) is 0 Å². The number of nitrogens with zero attached hydrogens (tertiary/aromatic N) is 3. The Morgan fingerprint density at radius 3 is 2.95 bits per heavy atom. The maximum Gasteiger partial charge on any atom is 0.119 e. The van der Waals surface area contributed by atoms with E-state index in [0.717, 1.165) is 24.8 Å². The number of ether oxygens (including phenoxy) is 1. The average molecular weight is 285 g/mol. The molecule has 4 nitrogen and oxygen atoms in total. The van der Waals surface area contributed by atoms with Crippen LogP contribution in [0.5, 0.6) is 5.75 Å². The molecular weight excluding hydrogens is 262 g/mol. The molecule has 0 amide bonds. The fourth-order valence-corrected chi connectivity index (χ4v) is 3.29. The maximum absolute atomic E-state index is 5.37. The van der Waals surface area contributed by atoms with Gasteiger partial charge in [0.2, 0.25) is 0 Å². The Morgan fingerprint density at radius 2 is 2.24 bits per heavy atom. The van der Waals surface area contributed by atoms with Gasteiger partial charge in [0.1, 0.15) is 5.75 Å². The fraction of sp³-hybridized carbons (Fsp3) is 0.471. The average Bonchev–Trinajstić information content (AvgIpc) is 3.05. The Labute approximate surface area is 126 Å². The minimum Gasteiger partial charge on any atom is -0.497 e. The molecule has 21 heavy (non-hydrogen) atoms. The molecule has 3 rings (SSSR count). The lowest BCUT2D eigenvalue weighted by molar-refractivity contribution is 0.245. The van der Waals surface area contributed by atoms with Crippen LogP contribution in [0.15, 0.2) is 36.7 Å². The van der Waals surface area contributed by atoms with Gasteiger partial charge in [-0.25, -0.2) is 0 Å². The van der Waals surface area contributed by atoms with Crippen LogP contribution in [0.1, 0.15) is 30.5 Å². The van der Waals surface area contributed by atoms with E-state index >= 15 is 0 Å². The molecule has 0 radical (unpaired) electrons. The zero-order valence-corrected chi connectivity index (χ0v) is 13.0. The summed E-state index contributed by atoms with van der Waals surface area (Å²) in [6.07, 6.45) is 5.27. The van der Waals surface area contributed by atoms with Crippen LogP contribution in [-0.2, 0) is 13.6 Å². The maximum atomic E-state index is 5.37. The lowest BCUT2D eigenvalue weighted by Gasteiger charge is -2.24. The Bertz CT molecular complexity index is 608. The van der Waals surface area contributed by atoms with Gasteiger partial charge in [-0.05, 0) is 30.0 Å². The summed E-state index contributed by atoms with van der Waals surface area (Å²) in [5.41, 5.74) is 2.63. The zero-order chi connectivity index (χ0) is 14.8. The molecule has 0 aliphatic carbocycles. The molecule has 1 aliphatic heterocycles. The van der Waals surface area contributed by atoms with Gasteiger partial charge in [-0.2, -0.15) is 5.10 Å². The number of benzene rings is 1. The van der Waals surface area contributed by atoms with E-state index < -0.39 is 0 Å². The Hall–Kier alpha value is -1.81. The summed E-state index contributed by atoms with van der Waals surface area (Å²) >= 11 is 0. The topological polar surface area (TPSA) is 30.3 Å². The van der Waals surface area contributed by atoms with E-state index in [4.69, 9.17) is 4.74 Å². The molecule has 1 saturated heterocycles. The van der Waals surface area contributed by atoms with E-state index in [1.807, 2.05) is 24.0 Å². The van der Waals surface area contributed by atoms with Crippen LogP contribution in [-0.4, -0.2) is 28.3 Å². The SMILES string of the molecule is COc1cccc([C@H]2C[C@@H](C)CN2Cc2cnn(C)c2)c1. The summed E-state index contributed by atoms with van der Waals surface area (Å²) in [5, 5.41) is 4.27. The third kappa shape index (κ3) is 3.10. The van der Waals surface area contributed by atoms with E-state index in [1.165, 1.54) is 17.5 Å². The summed E-state index contributed by atoms with van der Waals surface area (Å²) < 4.78 is 7.24. The molecule has 0 spiro atoms. The van der Waals surface area contributed by atoms with Crippen molar-refractivity contribution in [1.82, 2.24) is 14.7 Å². The van der Waals surface area contributed by atoms with Gasteiger partial charge in [0.25, 0.3) is 0 Å². The molecule has 0 N–H and O–H groups in total. The van der Waals surface area contributed by atoms with Gasteiger partial charge in [-0.1, -0.05) is 19.1 Å². The van der Waals surface area contributed by atoms with Crippen molar-refractivity contribution in [1.29, 1.82) is 0 Å². The van der Waals surface area contributed by atoms with Gasteiger partial charge in [-0.15, -0.1) is 0 Å². The fourth-order valence-electron chi connectivity index (χ4n) is 3.29. The van der Waals surface area contributed by atoms with Crippen LogP contribution in [0, 0.1) is 5.92 Å². The van der Waals surface area contributed by atoms with Crippen molar-refractivity contribution in [2.75, 3.05) is 13.7 Å². The molecule has 112 valence electrons. The van der Waals surface area contributed by atoms with Crippen molar-refractivity contribution in [3.05, 3.63) is 47.8 Å². The Balaban J connectivity index is 1.81. The first-order chi connectivity index (χ1) is 10.2. The van der Waals surface area contributed by atoms with Crippen molar-refractivity contribution in [3.8, 4) is 5.75 Å². The zero-order valence-electron chi connectivity index (χ0n) is 13.0. The summed E-state index contributed by atoms with van der Waals surface area (Å²) in [4.78, 5) is 2.55. The molecular formula is C17H23N3O. The van der Waals surface area contributed by atoms with Gasteiger partial charge < -0.3 is 4.74 Å². The Kier molecular flexibility index (Phi) is 3.97. The molecule has 4 heteroatoms. The quantitative estimate of drug-likeness (QED) is 0.865. The molecule has 0 saturated carbocycles. The third-order valence-electron chi connectivity index (χ3n) is 4.24. The van der Waals surface area contributed by atoms with Gasteiger partial charge >= 0.3 is 0 Å². The van der Waals surface area contributed by atoms with Crippen molar-refractivity contribution >= 4 is 0 Å². The molecule has 1 fully saturated rings. The highest BCUT2D eigenvalue weighted by molar-refractivity contribution is 5.31. The molecule has 0 bridgehead atoms. The highest BCUT2D eigenvalue weighted by Crippen LogP contribution is 2.37. The van der Waals surface area contributed by atoms with Gasteiger partial charge in [-0.3, -0.25) is 9.58 Å². The predicted molar refractivity (Wildman–Crippen MR) is 83.1 cm³/mol. The first-order valence-corrected chi connectivity index (χ1v) is 7.51. The molecule has 1 aromatic heterocycles. The number of hydrogen-bond acceptors (Lipinski definition) is 3. The van der Waals surface area contributed by atoms with Crippen LogP contribution in [0.4, 0.5) is 0 Å². The molecule has 2 atom stereocenters. The standard InChI is InChI=1S/C17H23N3O/c1-13-7-17(15-5-4-6-16(8-15)21-3)20(10-13)12-14-9-18-19(2)11-14/h4-6,8-9,11,13,17H,7,10,12H2,1-3H3/t13-,17-/m1/s1. The minimum atomic E-state index is 0.468. The van der Waals surface area contributed by atoms with Crippen molar-refractivity contribution in [3.63, 3.8) is 0 Å². The molecule has 1 aliphatic rings. The van der Waals surface area contributed by atoms with Crippen molar-refractivity contribution < 1.29 is 4.74 Å². The first kappa shape index (κ1) is 14.1. The number of likely N-dealkylation sites (tertiary alicyclic amines) is 1. The van der Waals surface area contributed by atoms with E-state index in [0.29, 0.717) is 6.04 Å². The monoisotopic (exact) mass is 285 g/mol. The summed E-state index contributed by atoms with van der Waals surface area (Å²) in [5.74, 6) is 1.66. The minimum absolute atomic E-state index is 0.468. The number of aryl methyl sites for hydroxylation is 1. The predicted octanol–water partition coefficient (Wildman–Crippen LogP) is 3.01. The van der Waals surface area contributed by atoms with E-state index in [1.54, 1.807) is 7.11 Å². The molecule has 1 aromatic carbocycles. The van der Waals surface area contributed by atoms with Crippen LogP contribution in [0.3, 0.4) is 0 Å². The van der Waals surface area contributed by atoms with Crippen LogP contribution in [0.25, 0.3) is 0 Å². The lowest BCUT2D eigenvalue weighted by Crippen LogP contribution is -2.23. The van der Waals surface area contributed by atoms with E-state index in [2.05, 4.69) is 41.3 Å². The molecule has 2 aromatic rings. The number of rotatable bonds is 4. The first-order valence-electron chi connectivity index (χ1n) is 7.51. The number of aromatic nitrogens is 2. The van der Waals surface area contributed by atoms with Crippen molar-refractivity contribution in [2.24, 2.45) is 13.0 Å². The van der Waals surface area contributed by atoms with Crippen LogP contribution >= 0.6 is 0 Å². The molecule has 2 heterocycles. The highest BCUT2D eigenvalue weighted by Gasteiger charge is 2.31. The Morgan fingerprint density at radius 1 is 1.38 bits per heavy atom. The van der Waals surface area contributed by atoms with Crippen molar-refractivity contribution in [2.45, 2.75) is 25.9 Å². The summed E-state index contributed by atoms with van der Waals surface area (Å²) in [7, 11) is 3.69.